The summed E-state index contributed by atoms with van der Waals surface area (Å²) in [7, 11) is 0. The van der Waals surface area contributed by atoms with Gasteiger partial charge in [-0.3, -0.25) is 4.79 Å². The third-order valence-corrected chi connectivity index (χ3v) is 2.27. The van der Waals surface area contributed by atoms with E-state index in [4.69, 9.17) is 19.4 Å². The maximum absolute atomic E-state index is 9.00. The van der Waals surface area contributed by atoms with Crippen LogP contribution in [0.4, 0.5) is 0 Å². The highest BCUT2D eigenvalue weighted by Gasteiger charge is 2.48. The summed E-state index contributed by atoms with van der Waals surface area (Å²) in [6.45, 7) is 6.22. The first-order valence-corrected chi connectivity index (χ1v) is 4.82. The van der Waals surface area contributed by atoms with E-state index >= 15 is 0 Å². The minimum Gasteiger partial charge on any atom is -0.481 e. The Morgan fingerprint density at radius 2 is 1.80 bits per heavy atom. The number of fused-ring (bicyclic) bond motifs is 1. The topological polar surface area (TPSA) is 55.8 Å². The SMILES string of the molecule is C#C.CC(=O)O.C[C@@H]1COC2C1O[C@@H]2C. The van der Waals surface area contributed by atoms with Crippen molar-refractivity contribution in [3.05, 3.63) is 0 Å². The van der Waals surface area contributed by atoms with Gasteiger partial charge >= 0.3 is 0 Å². The predicted molar refractivity (Wildman–Crippen MR) is 56.4 cm³/mol. The molecule has 0 spiro atoms. The van der Waals surface area contributed by atoms with E-state index in [-0.39, 0.29) is 0 Å². The van der Waals surface area contributed by atoms with Gasteiger partial charge in [-0.15, -0.1) is 12.8 Å². The minimum absolute atomic E-state index is 0.347. The van der Waals surface area contributed by atoms with Crippen LogP contribution in [0.1, 0.15) is 20.8 Å². The molecular formula is C11H18O4. The standard InChI is InChI=1S/C7H12O2.C2H4O2.C2H2/c1-4-3-8-7-5(2)9-6(4)7;1-2(3)4;1-2/h4-7H,3H2,1-2H3;1H3,(H,3,4);1-2H/t4-,5-,6?,7?;;/m1../s1. The number of terminal acetylenes is 1. The molecule has 4 nitrogen and oxygen atoms in total. The Balaban J connectivity index is 0.000000282. The molecule has 2 heterocycles. The van der Waals surface area contributed by atoms with Gasteiger partial charge in [-0.1, -0.05) is 6.92 Å². The number of aliphatic carboxylic acids is 1. The number of ether oxygens (including phenoxy) is 2. The molecule has 2 saturated heterocycles. The van der Waals surface area contributed by atoms with Gasteiger partial charge in [0.05, 0.1) is 18.8 Å². The van der Waals surface area contributed by atoms with Gasteiger partial charge in [0.15, 0.2) is 0 Å². The first-order valence-electron chi connectivity index (χ1n) is 4.82. The summed E-state index contributed by atoms with van der Waals surface area (Å²) in [5.41, 5.74) is 0. The van der Waals surface area contributed by atoms with Crippen LogP contribution in [-0.4, -0.2) is 36.0 Å². The molecule has 1 N–H and O–H groups in total. The molecule has 2 aliphatic rings. The van der Waals surface area contributed by atoms with E-state index < -0.39 is 5.97 Å². The molecule has 2 fully saturated rings. The summed E-state index contributed by atoms with van der Waals surface area (Å²) >= 11 is 0. The predicted octanol–water partition coefficient (Wildman–Crippen LogP) is 1.15. The van der Waals surface area contributed by atoms with Crippen molar-refractivity contribution < 1.29 is 19.4 Å². The zero-order valence-corrected chi connectivity index (χ0v) is 9.34. The van der Waals surface area contributed by atoms with Crippen molar-refractivity contribution in [2.75, 3.05) is 6.61 Å². The highest BCUT2D eigenvalue weighted by molar-refractivity contribution is 5.62. The summed E-state index contributed by atoms with van der Waals surface area (Å²) in [6, 6.07) is 0. The van der Waals surface area contributed by atoms with Gasteiger partial charge in [0.1, 0.15) is 6.10 Å². The maximum Gasteiger partial charge on any atom is 0.300 e. The smallest absolute Gasteiger partial charge is 0.300 e. The second-order valence-electron chi connectivity index (χ2n) is 3.60. The molecule has 4 atom stereocenters. The largest absolute Gasteiger partial charge is 0.481 e. The maximum atomic E-state index is 9.00. The minimum atomic E-state index is -0.833. The molecule has 0 aromatic rings. The van der Waals surface area contributed by atoms with E-state index in [0.29, 0.717) is 24.2 Å². The fourth-order valence-corrected chi connectivity index (χ4v) is 1.63. The Labute approximate surface area is 90.6 Å². The van der Waals surface area contributed by atoms with Crippen LogP contribution in [-0.2, 0) is 14.3 Å². The average molecular weight is 214 g/mol. The number of carboxylic acid groups (broad SMARTS) is 1. The van der Waals surface area contributed by atoms with Crippen LogP contribution in [0.3, 0.4) is 0 Å². The number of carbonyl (C=O) groups is 1. The Morgan fingerprint density at radius 1 is 1.33 bits per heavy atom. The Bertz CT molecular complexity index is 218. The van der Waals surface area contributed by atoms with Crippen LogP contribution in [0.2, 0.25) is 0 Å². The van der Waals surface area contributed by atoms with E-state index in [2.05, 4.69) is 26.7 Å². The molecule has 0 radical (unpaired) electrons. The van der Waals surface area contributed by atoms with E-state index in [1.807, 2.05) is 0 Å². The van der Waals surface area contributed by atoms with Gasteiger partial charge in [-0.2, -0.15) is 0 Å². The van der Waals surface area contributed by atoms with E-state index in [0.717, 1.165) is 13.5 Å². The van der Waals surface area contributed by atoms with Gasteiger partial charge in [-0.25, -0.2) is 0 Å². The Morgan fingerprint density at radius 3 is 2.07 bits per heavy atom. The van der Waals surface area contributed by atoms with E-state index in [1.54, 1.807) is 0 Å². The molecular weight excluding hydrogens is 196 g/mol. The van der Waals surface area contributed by atoms with Gasteiger partial charge in [-0.05, 0) is 6.92 Å². The van der Waals surface area contributed by atoms with Gasteiger partial charge < -0.3 is 14.6 Å². The van der Waals surface area contributed by atoms with E-state index in [9.17, 15) is 0 Å². The van der Waals surface area contributed by atoms with Gasteiger partial charge in [0.25, 0.3) is 5.97 Å². The van der Waals surface area contributed by atoms with Crippen molar-refractivity contribution in [2.24, 2.45) is 5.92 Å². The lowest BCUT2D eigenvalue weighted by molar-refractivity contribution is -0.195. The number of hydrogen-bond acceptors (Lipinski definition) is 3. The summed E-state index contributed by atoms with van der Waals surface area (Å²) < 4.78 is 10.9. The normalized spacial score (nSPS) is 35.8. The van der Waals surface area contributed by atoms with Gasteiger partial charge in [0.2, 0.25) is 0 Å². The first kappa shape index (κ1) is 13.9. The molecule has 0 bridgehead atoms. The number of hydrogen-bond donors (Lipinski definition) is 1. The quantitative estimate of drug-likeness (QED) is 0.614. The van der Waals surface area contributed by atoms with Crippen molar-refractivity contribution in [1.82, 2.24) is 0 Å². The zero-order chi connectivity index (χ0) is 12.0. The molecule has 0 aromatic heterocycles. The molecule has 0 aromatic carbocycles. The summed E-state index contributed by atoms with van der Waals surface area (Å²) in [5, 5.41) is 7.42. The van der Waals surface area contributed by atoms with Crippen LogP contribution < -0.4 is 0 Å². The van der Waals surface area contributed by atoms with Crippen molar-refractivity contribution in [3.63, 3.8) is 0 Å². The Hall–Kier alpha value is -1.05. The lowest BCUT2D eigenvalue weighted by Gasteiger charge is -2.38. The van der Waals surface area contributed by atoms with Crippen LogP contribution in [0.5, 0.6) is 0 Å². The molecule has 2 unspecified atom stereocenters. The van der Waals surface area contributed by atoms with E-state index in [1.165, 1.54) is 0 Å². The first-order chi connectivity index (χ1) is 7.02. The number of rotatable bonds is 0. The molecule has 0 aliphatic carbocycles. The summed E-state index contributed by atoms with van der Waals surface area (Å²) in [5.74, 6) is -0.216. The second-order valence-corrected chi connectivity index (χ2v) is 3.60. The molecule has 0 saturated carbocycles. The van der Waals surface area contributed by atoms with Crippen LogP contribution in [0.15, 0.2) is 0 Å². The third-order valence-electron chi connectivity index (χ3n) is 2.27. The highest BCUT2D eigenvalue weighted by Crippen LogP contribution is 2.35. The summed E-state index contributed by atoms with van der Waals surface area (Å²) in [6.07, 6.45) is 9.18. The van der Waals surface area contributed by atoms with Gasteiger partial charge in [0, 0.05) is 12.8 Å². The summed E-state index contributed by atoms with van der Waals surface area (Å²) in [4.78, 5) is 9.00. The fraction of sp³-hybridized carbons (Fsp3) is 0.727. The van der Waals surface area contributed by atoms with Crippen LogP contribution >= 0.6 is 0 Å². The lowest BCUT2D eigenvalue weighted by Crippen LogP contribution is -2.51. The van der Waals surface area contributed by atoms with Crippen molar-refractivity contribution in [3.8, 4) is 12.8 Å². The van der Waals surface area contributed by atoms with Crippen molar-refractivity contribution in [2.45, 2.75) is 39.1 Å². The second kappa shape index (κ2) is 6.44. The zero-order valence-electron chi connectivity index (χ0n) is 9.34. The average Bonchev–Trinajstić information content (AvgIpc) is 2.44. The monoisotopic (exact) mass is 214 g/mol. The number of carboxylic acids is 1. The molecule has 0 amide bonds. The van der Waals surface area contributed by atoms with Crippen molar-refractivity contribution >= 4 is 5.97 Å². The van der Waals surface area contributed by atoms with Crippen LogP contribution in [0, 0.1) is 18.8 Å². The lowest BCUT2D eigenvalue weighted by atomic mass is 9.95. The molecule has 4 heteroatoms. The third kappa shape index (κ3) is 3.90. The fourth-order valence-electron chi connectivity index (χ4n) is 1.63. The molecule has 2 rings (SSSR count). The molecule has 15 heavy (non-hydrogen) atoms. The molecule has 2 aliphatic heterocycles. The van der Waals surface area contributed by atoms with Crippen LogP contribution in [0.25, 0.3) is 0 Å². The Kier molecular flexibility index (Phi) is 5.99. The molecule has 86 valence electrons. The van der Waals surface area contributed by atoms with Crippen molar-refractivity contribution in [1.29, 1.82) is 0 Å². The highest BCUT2D eigenvalue weighted by atomic mass is 16.6.